The quantitative estimate of drug-likeness (QED) is 0.595. The number of hydrogen-bond acceptors (Lipinski definition) is 2. The van der Waals surface area contributed by atoms with Crippen LogP contribution in [-0.4, -0.2) is 36.0 Å². The highest BCUT2D eigenvalue weighted by molar-refractivity contribution is 5.78. The summed E-state index contributed by atoms with van der Waals surface area (Å²) >= 11 is 0. The predicted octanol–water partition coefficient (Wildman–Crippen LogP) is 3.78. The van der Waals surface area contributed by atoms with Crippen molar-refractivity contribution in [2.75, 3.05) is 13.1 Å². The van der Waals surface area contributed by atoms with E-state index in [0.29, 0.717) is 5.96 Å². The molecule has 2 aliphatic rings. The van der Waals surface area contributed by atoms with E-state index in [1.54, 1.807) is 0 Å². The fourth-order valence-corrected chi connectivity index (χ4v) is 4.31. The molecule has 0 amide bonds. The minimum absolute atomic E-state index is 0.173. The van der Waals surface area contributed by atoms with Gasteiger partial charge in [-0.25, -0.2) is 8.78 Å². The molecule has 1 aliphatic carbocycles. The number of piperidine rings is 1. The van der Waals surface area contributed by atoms with Gasteiger partial charge in [-0.15, -0.1) is 0 Å². The number of halogens is 2. The maximum absolute atomic E-state index is 13.4. The average Bonchev–Trinajstić information content (AvgIpc) is 2.66. The zero-order valence-corrected chi connectivity index (χ0v) is 16.5. The molecule has 29 heavy (non-hydrogen) atoms. The molecule has 1 saturated carbocycles. The van der Waals surface area contributed by atoms with E-state index in [4.69, 9.17) is 5.73 Å². The molecular weight excluding hydrogens is 370 g/mol. The third-order valence-electron chi connectivity index (χ3n) is 5.97. The van der Waals surface area contributed by atoms with E-state index >= 15 is 0 Å². The fraction of sp³-hybridized carbons (Fsp3) is 0.435. The molecule has 0 aromatic heterocycles. The van der Waals surface area contributed by atoms with Crippen LogP contribution in [0.15, 0.2) is 53.5 Å². The van der Waals surface area contributed by atoms with E-state index < -0.39 is 11.6 Å². The molecule has 1 saturated heterocycles. The van der Waals surface area contributed by atoms with E-state index in [1.165, 1.54) is 17.7 Å². The monoisotopic (exact) mass is 398 g/mol. The van der Waals surface area contributed by atoms with Gasteiger partial charge in [-0.2, -0.15) is 0 Å². The van der Waals surface area contributed by atoms with Crippen molar-refractivity contribution in [1.29, 1.82) is 0 Å². The summed E-state index contributed by atoms with van der Waals surface area (Å²) in [6.45, 7) is 3.02. The molecule has 4 nitrogen and oxygen atoms in total. The number of aliphatic imine (C=N–C) groups is 1. The first-order valence-corrected chi connectivity index (χ1v) is 10.4. The first kappa shape index (κ1) is 19.8. The van der Waals surface area contributed by atoms with Crippen LogP contribution in [-0.2, 0) is 6.54 Å². The van der Waals surface area contributed by atoms with Crippen molar-refractivity contribution in [3.05, 3.63) is 71.3 Å². The van der Waals surface area contributed by atoms with E-state index in [-0.39, 0.29) is 18.0 Å². The van der Waals surface area contributed by atoms with Gasteiger partial charge in [-0.05, 0) is 54.9 Å². The Balaban J connectivity index is 1.20. The van der Waals surface area contributed by atoms with Gasteiger partial charge in [0.15, 0.2) is 5.96 Å². The summed E-state index contributed by atoms with van der Waals surface area (Å²) in [7, 11) is 0. The van der Waals surface area contributed by atoms with Gasteiger partial charge in [0.1, 0.15) is 11.6 Å². The highest BCUT2D eigenvalue weighted by Crippen LogP contribution is 2.37. The summed E-state index contributed by atoms with van der Waals surface area (Å²) in [5.41, 5.74) is 8.18. The first-order chi connectivity index (χ1) is 14.0. The molecule has 2 fully saturated rings. The van der Waals surface area contributed by atoms with Crippen LogP contribution < -0.4 is 11.1 Å². The smallest absolute Gasteiger partial charge is 0.189 e. The molecule has 0 atom stereocenters. The molecule has 0 bridgehead atoms. The Labute approximate surface area is 170 Å². The number of rotatable bonds is 5. The lowest BCUT2D eigenvalue weighted by molar-refractivity contribution is 0.206. The number of guanidine groups is 1. The number of nitrogens with one attached hydrogen (secondary N) is 1. The van der Waals surface area contributed by atoms with Crippen molar-refractivity contribution in [3.8, 4) is 0 Å². The van der Waals surface area contributed by atoms with Gasteiger partial charge in [0.2, 0.25) is 0 Å². The van der Waals surface area contributed by atoms with E-state index in [0.717, 1.165) is 56.9 Å². The van der Waals surface area contributed by atoms with Gasteiger partial charge >= 0.3 is 0 Å². The van der Waals surface area contributed by atoms with E-state index in [1.807, 2.05) is 6.07 Å². The third kappa shape index (κ3) is 5.32. The Kier molecular flexibility index (Phi) is 6.09. The first-order valence-electron chi connectivity index (χ1n) is 10.4. The van der Waals surface area contributed by atoms with Crippen molar-refractivity contribution in [2.45, 2.75) is 50.2 Å². The van der Waals surface area contributed by atoms with Crippen LogP contribution in [0.1, 0.15) is 42.7 Å². The molecule has 0 radical (unpaired) electrons. The number of hydrogen-bond donors (Lipinski definition) is 2. The Hall–Kier alpha value is -2.47. The van der Waals surface area contributed by atoms with Crippen LogP contribution in [0.2, 0.25) is 0 Å². The summed E-state index contributed by atoms with van der Waals surface area (Å²) in [4.78, 5) is 7.12. The summed E-state index contributed by atoms with van der Waals surface area (Å²) in [5.74, 6) is -0.376. The van der Waals surface area contributed by atoms with Gasteiger partial charge in [0, 0.05) is 31.7 Å². The normalized spacial score (nSPS) is 23.6. The van der Waals surface area contributed by atoms with Crippen molar-refractivity contribution in [2.24, 2.45) is 10.7 Å². The second-order valence-electron chi connectivity index (χ2n) is 8.22. The number of nitrogens with two attached hydrogens (primary N) is 1. The highest BCUT2D eigenvalue weighted by atomic mass is 19.1. The molecule has 1 aliphatic heterocycles. The highest BCUT2D eigenvalue weighted by Gasteiger charge is 2.31. The lowest BCUT2D eigenvalue weighted by atomic mass is 9.76. The molecule has 0 spiro atoms. The largest absolute Gasteiger partial charge is 0.370 e. The molecular formula is C23H28F2N4. The van der Waals surface area contributed by atoms with Gasteiger partial charge in [0.05, 0.1) is 6.04 Å². The number of benzene rings is 2. The molecule has 0 unspecified atom stereocenters. The van der Waals surface area contributed by atoms with Crippen molar-refractivity contribution < 1.29 is 8.78 Å². The number of likely N-dealkylation sites (tertiary alicyclic amines) is 1. The van der Waals surface area contributed by atoms with Crippen molar-refractivity contribution in [3.63, 3.8) is 0 Å². The zero-order chi connectivity index (χ0) is 20.2. The van der Waals surface area contributed by atoms with Gasteiger partial charge in [-0.1, -0.05) is 30.3 Å². The van der Waals surface area contributed by atoms with E-state index in [2.05, 4.69) is 39.5 Å². The van der Waals surface area contributed by atoms with Crippen LogP contribution in [0.5, 0.6) is 0 Å². The average molecular weight is 399 g/mol. The second kappa shape index (κ2) is 8.91. The lowest BCUT2D eigenvalue weighted by Crippen LogP contribution is -2.47. The predicted molar refractivity (Wildman–Crippen MR) is 112 cm³/mol. The Morgan fingerprint density at radius 3 is 2.34 bits per heavy atom. The molecule has 6 heteroatoms. The molecule has 4 rings (SSSR count). The van der Waals surface area contributed by atoms with Gasteiger partial charge in [-0.3, -0.25) is 9.89 Å². The van der Waals surface area contributed by atoms with Crippen LogP contribution >= 0.6 is 0 Å². The maximum atomic E-state index is 13.4. The summed E-state index contributed by atoms with van der Waals surface area (Å²) in [5, 5.41) is 3.27. The summed E-state index contributed by atoms with van der Waals surface area (Å²) < 4.78 is 26.7. The standard InChI is InChI=1S/C23H28F2N4/c24-19-10-17(11-20(25)14-19)18-12-22(13-18)28-23(26)27-21-6-8-29(9-7-21)15-16-4-2-1-3-5-16/h1-5,10-11,14,18,21-22H,6-9,12-13,15H2,(H3,26,27,28). The van der Waals surface area contributed by atoms with Crippen molar-refractivity contribution in [1.82, 2.24) is 10.2 Å². The second-order valence-corrected chi connectivity index (χ2v) is 8.22. The maximum Gasteiger partial charge on any atom is 0.189 e. The Morgan fingerprint density at radius 1 is 1.03 bits per heavy atom. The van der Waals surface area contributed by atoms with Gasteiger partial charge < -0.3 is 11.1 Å². The minimum atomic E-state index is -0.518. The van der Waals surface area contributed by atoms with Crippen LogP contribution in [0.4, 0.5) is 8.78 Å². The summed E-state index contributed by atoms with van der Waals surface area (Å²) in [6.07, 6.45) is 3.64. The number of nitrogens with zero attached hydrogens (tertiary/aromatic N) is 2. The molecule has 1 heterocycles. The fourth-order valence-electron chi connectivity index (χ4n) is 4.31. The Morgan fingerprint density at radius 2 is 1.69 bits per heavy atom. The molecule has 2 aromatic carbocycles. The molecule has 154 valence electrons. The summed E-state index contributed by atoms with van der Waals surface area (Å²) in [6, 6.07) is 14.7. The van der Waals surface area contributed by atoms with Crippen molar-refractivity contribution >= 4 is 5.96 Å². The molecule has 3 N–H and O–H groups in total. The van der Waals surface area contributed by atoms with E-state index in [9.17, 15) is 8.78 Å². The zero-order valence-electron chi connectivity index (χ0n) is 16.5. The third-order valence-corrected chi connectivity index (χ3v) is 5.97. The Bertz CT molecular complexity index is 821. The van der Waals surface area contributed by atoms with Gasteiger partial charge in [0.25, 0.3) is 0 Å². The van der Waals surface area contributed by atoms with Crippen LogP contribution in [0, 0.1) is 11.6 Å². The lowest BCUT2D eigenvalue weighted by Gasteiger charge is -2.37. The SMILES string of the molecule is NC(=NC1CCN(Cc2ccccc2)CC1)NC1CC(c2cc(F)cc(F)c2)C1. The minimum Gasteiger partial charge on any atom is -0.370 e. The van der Waals surface area contributed by atoms with Crippen LogP contribution in [0.3, 0.4) is 0 Å². The topological polar surface area (TPSA) is 53.6 Å². The van der Waals surface area contributed by atoms with Crippen LogP contribution in [0.25, 0.3) is 0 Å². The molecule has 2 aromatic rings.